The van der Waals surface area contributed by atoms with Crippen molar-refractivity contribution in [2.75, 3.05) is 26.2 Å². The SMILES string of the molecule is CCn1nccc1-c1cc(S(=O)(=O)NC(C)(C)C)sc1S(=O)(=O)NCCN1C[C@@H](COc2cc(C)ccc2C#N)OC1=O. The Bertz CT molecular complexity index is 1750. The van der Waals surface area contributed by atoms with Crippen LogP contribution >= 0.6 is 11.3 Å². The number of amides is 1. The number of nitrogens with zero attached hydrogens (tertiary/aromatic N) is 4. The lowest BCUT2D eigenvalue weighted by Crippen LogP contribution is -2.40. The van der Waals surface area contributed by atoms with Crippen LogP contribution in [0.15, 0.2) is 44.9 Å². The van der Waals surface area contributed by atoms with Gasteiger partial charge in [0, 0.05) is 36.9 Å². The molecule has 2 N–H and O–H groups in total. The molecular weight excluding hydrogens is 617 g/mol. The highest BCUT2D eigenvalue weighted by molar-refractivity contribution is 7.94. The van der Waals surface area contributed by atoms with E-state index in [0.717, 1.165) is 5.56 Å². The Balaban J connectivity index is 1.46. The number of benzene rings is 1. The van der Waals surface area contributed by atoms with E-state index in [2.05, 4.69) is 20.6 Å². The van der Waals surface area contributed by atoms with Gasteiger partial charge in [-0.05, 0) is 64.4 Å². The van der Waals surface area contributed by atoms with E-state index in [1.54, 1.807) is 49.7 Å². The molecule has 232 valence electrons. The van der Waals surface area contributed by atoms with Gasteiger partial charge in [-0.15, -0.1) is 11.3 Å². The van der Waals surface area contributed by atoms with Crippen molar-refractivity contribution in [1.82, 2.24) is 24.1 Å². The van der Waals surface area contributed by atoms with Crippen LogP contribution in [0.4, 0.5) is 4.79 Å². The van der Waals surface area contributed by atoms with Gasteiger partial charge in [0.25, 0.3) is 20.0 Å². The third-order valence-electron chi connectivity index (χ3n) is 6.22. The molecule has 1 amide bonds. The lowest BCUT2D eigenvalue weighted by Gasteiger charge is -2.19. The molecule has 1 fully saturated rings. The summed E-state index contributed by atoms with van der Waals surface area (Å²) in [5.41, 5.74) is 1.15. The first-order chi connectivity index (χ1) is 20.1. The number of nitrogens with one attached hydrogen (secondary N) is 2. The summed E-state index contributed by atoms with van der Waals surface area (Å²) >= 11 is 0.637. The van der Waals surface area contributed by atoms with Crippen LogP contribution in [-0.4, -0.2) is 75.5 Å². The number of carbonyl (C=O) groups is 1. The zero-order valence-corrected chi connectivity index (χ0v) is 26.9. The maximum atomic E-state index is 13.5. The topological polar surface area (TPSA) is 173 Å². The van der Waals surface area contributed by atoms with Gasteiger partial charge < -0.3 is 14.4 Å². The van der Waals surface area contributed by atoms with Crippen LogP contribution in [-0.2, 0) is 31.3 Å². The molecule has 0 spiro atoms. The predicted molar refractivity (Wildman–Crippen MR) is 160 cm³/mol. The highest BCUT2D eigenvalue weighted by atomic mass is 32.3. The molecule has 1 aliphatic heterocycles. The van der Waals surface area contributed by atoms with Gasteiger partial charge in [0.05, 0.1) is 17.8 Å². The van der Waals surface area contributed by atoms with Crippen LogP contribution in [0, 0.1) is 18.3 Å². The molecule has 0 aliphatic carbocycles. The Morgan fingerprint density at radius 3 is 2.60 bits per heavy atom. The van der Waals surface area contributed by atoms with Gasteiger partial charge in [-0.3, -0.25) is 4.68 Å². The number of carbonyl (C=O) groups excluding carboxylic acids is 1. The Morgan fingerprint density at radius 2 is 1.93 bits per heavy atom. The summed E-state index contributed by atoms with van der Waals surface area (Å²) in [7, 11) is -8.23. The van der Waals surface area contributed by atoms with Crippen LogP contribution in [0.3, 0.4) is 0 Å². The normalized spacial score (nSPS) is 15.9. The highest BCUT2D eigenvalue weighted by Gasteiger charge is 2.34. The van der Waals surface area contributed by atoms with Crippen molar-refractivity contribution in [3.05, 3.63) is 47.7 Å². The molecule has 0 saturated carbocycles. The molecule has 1 aliphatic rings. The second-order valence-electron chi connectivity index (χ2n) is 10.9. The Morgan fingerprint density at radius 1 is 1.19 bits per heavy atom. The number of rotatable bonds is 12. The third kappa shape index (κ3) is 7.73. The number of hydrogen-bond donors (Lipinski definition) is 2. The standard InChI is InChI=1S/C27H34N6O7S3/c1-6-33-22(9-10-29-33)21-14-24(42(35,36)31-27(3,4)5)41-25(21)43(37,38)30-11-12-32-16-20(40-26(32)34)17-39-23-13-18(2)7-8-19(23)15-28/h7-10,13-14,20,30-31H,6,11-12,16-17H2,1-5H3/t20-/m0/s1. The van der Waals surface area contributed by atoms with Crippen LogP contribution in [0.2, 0.25) is 0 Å². The first-order valence-electron chi connectivity index (χ1n) is 13.4. The van der Waals surface area contributed by atoms with Crippen molar-refractivity contribution in [1.29, 1.82) is 5.26 Å². The zero-order valence-electron chi connectivity index (χ0n) is 24.4. The minimum atomic E-state index is -4.20. The first kappa shape index (κ1) is 32.4. The lowest BCUT2D eigenvalue weighted by atomic mass is 10.1. The van der Waals surface area contributed by atoms with Gasteiger partial charge >= 0.3 is 6.09 Å². The number of cyclic esters (lactones) is 1. The first-order valence-corrected chi connectivity index (χ1v) is 17.2. The molecule has 43 heavy (non-hydrogen) atoms. The molecule has 0 unspecified atom stereocenters. The molecule has 3 aromatic rings. The largest absolute Gasteiger partial charge is 0.488 e. The van der Waals surface area contributed by atoms with Crippen LogP contribution < -0.4 is 14.2 Å². The molecule has 0 radical (unpaired) electrons. The second-order valence-corrected chi connectivity index (χ2v) is 15.8. The molecule has 1 atom stereocenters. The highest BCUT2D eigenvalue weighted by Crippen LogP contribution is 2.37. The Kier molecular flexibility index (Phi) is 9.52. The summed E-state index contributed by atoms with van der Waals surface area (Å²) < 4.78 is 70.6. The third-order valence-corrected chi connectivity index (χ3v) is 11.6. The van der Waals surface area contributed by atoms with Crippen LogP contribution in [0.1, 0.15) is 38.8 Å². The maximum Gasteiger partial charge on any atom is 0.410 e. The van der Waals surface area contributed by atoms with Gasteiger partial charge in [-0.2, -0.15) is 10.4 Å². The molecule has 3 heterocycles. The minimum absolute atomic E-state index is 0.00674. The number of thiophene rings is 1. The van der Waals surface area contributed by atoms with Crippen molar-refractivity contribution >= 4 is 37.5 Å². The van der Waals surface area contributed by atoms with Crippen LogP contribution in [0.5, 0.6) is 5.75 Å². The maximum absolute atomic E-state index is 13.5. The van der Waals surface area contributed by atoms with Gasteiger partial charge in [0.1, 0.15) is 26.8 Å². The summed E-state index contributed by atoms with van der Waals surface area (Å²) in [5.74, 6) is 0.389. The number of aromatic nitrogens is 2. The van der Waals surface area contributed by atoms with Gasteiger partial charge in [-0.25, -0.2) is 31.1 Å². The summed E-state index contributed by atoms with van der Waals surface area (Å²) in [6.45, 7) is 9.27. The molecule has 4 rings (SSSR count). The van der Waals surface area contributed by atoms with Gasteiger partial charge in [0.15, 0.2) is 6.10 Å². The minimum Gasteiger partial charge on any atom is -0.488 e. The van der Waals surface area contributed by atoms with E-state index >= 15 is 0 Å². The zero-order chi connectivity index (χ0) is 31.6. The quantitative estimate of drug-likeness (QED) is 0.299. The second kappa shape index (κ2) is 12.6. The van der Waals surface area contributed by atoms with Crippen molar-refractivity contribution in [3.63, 3.8) is 0 Å². The Hall–Kier alpha value is -3.49. The molecular formula is C27H34N6O7S3. The lowest BCUT2D eigenvalue weighted by molar-refractivity contribution is 0.103. The summed E-state index contributed by atoms with van der Waals surface area (Å²) in [4.78, 5) is 13.8. The number of sulfonamides is 2. The molecule has 2 aromatic heterocycles. The molecule has 0 bridgehead atoms. The fraction of sp³-hybridized carbons (Fsp3) is 0.444. The van der Waals surface area contributed by atoms with E-state index in [0.29, 0.717) is 34.9 Å². The molecule has 13 nitrogen and oxygen atoms in total. The van der Waals surface area contributed by atoms with E-state index < -0.39 is 37.8 Å². The van der Waals surface area contributed by atoms with Gasteiger partial charge in [-0.1, -0.05) is 6.07 Å². The number of nitriles is 1. The van der Waals surface area contributed by atoms with E-state index in [9.17, 15) is 26.9 Å². The van der Waals surface area contributed by atoms with Crippen molar-refractivity contribution in [2.24, 2.45) is 0 Å². The molecule has 1 aromatic carbocycles. The number of hydrogen-bond acceptors (Lipinski definition) is 10. The van der Waals surface area contributed by atoms with E-state index in [1.807, 2.05) is 13.8 Å². The average molecular weight is 651 g/mol. The fourth-order valence-corrected chi connectivity index (χ4v) is 8.99. The average Bonchev–Trinajstić information content (AvgIpc) is 3.64. The van der Waals surface area contributed by atoms with E-state index in [-0.39, 0.29) is 40.2 Å². The van der Waals surface area contributed by atoms with Crippen molar-refractivity contribution < 1.29 is 31.1 Å². The molecule has 1 saturated heterocycles. The fourth-order valence-electron chi connectivity index (χ4n) is 4.38. The van der Waals surface area contributed by atoms with E-state index in [1.165, 1.54) is 17.2 Å². The Labute approximate surface area is 255 Å². The number of aryl methyl sites for hydroxylation is 2. The molecule has 16 heteroatoms. The summed E-state index contributed by atoms with van der Waals surface area (Å²) in [6.07, 6.45) is 0.279. The predicted octanol–water partition coefficient (Wildman–Crippen LogP) is 3.07. The van der Waals surface area contributed by atoms with Crippen LogP contribution in [0.25, 0.3) is 11.3 Å². The van der Waals surface area contributed by atoms with E-state index in [4.69, 9.17) is 9.47 Å². The van der Waals surface area contributed by atoms with Crippen molar-refractivity contribution in [2.45, 2.75) is 61.2 Å². The summed E-state index contributed by atoms with van der Waals surface area (Å²) in [6, 6.07) is 10.2. The van der Waals surface area contributed by atoms with Crippen molar-refractivity contribution in [3.8, 4) is 23.1 Å². The summed E-state index contributed by atoms with van der Waals surface area (Å²) in [5, 5.41) is 13.5. The monoisotopic (exact) mass is 650 g/mol. The smallest absolute Gasteiger partial charge is 0.410 e. The number of ether oxygens (including phenoxy) is 2. The van der Waals surface area contributed by atoms with Gasteiger partial charge in [0.2, 0.25) is 0 Å².